The molecule has 9 heteroatoms. The zero-order chi connectivity index (χ0) is 16.7. The number of aliphatic carboxylic acids is 1. The summed E-state index contributed by atoms with van der Waals surface area (Å²) in [6.07, 6.45) is -0.198. The van der Waals surface area contributed by atoms with E-state index in [1.54, 1.807) is 0 Å². The van der Waals surface area contributed by atoms with Crippen molar-refractivity contribution in [2.24, 2.45) is 5.73 Å². The van der Waals surface area contributed by atoms with Crippen LogP contribution in [0.4, 0.5) is 0 Å². The number of nitrogens with one attached hydrogen (secondary N) is 1. The summed E-state index contributed by atoms with van der Waals surface area (Å²) in [5.41, 5.74) is 5.14. The monoisotopic (exact) mass is 330 g/mol. The lowest BCUT2D eigenvalue weighted by molar-refractivity contribution is -0.136. The van der Waals surface area contributed by atoms with Gasteiger partial charge in [-0.05, 0) is 12.1 Å². The van der Waals surface area contributed by atoms with E-state index in [-0.39, 0.29) is 41.7 Å². The number of hydrogen-bond acceptors (Lipinski definition) is 5. The Kier molecular flexibility index (Phi) is 6.46. The highest BCUT2D eigenvalue weighted by Gasteiger charge is 2.16. The fourth-order valence-electron chi connectivity index (χ4n) is 1.52. The van der Waals surface area contributed by atoms with Crippen LogP contribution in [0.15, 0.2) is 12.1 Å². The van der Waals surface area contributed by atoms with E-state index < -0.39 is 17.8 Å². The number of carbonyl (C=O) groups is 3. The molecule has 1 rings (SSSR count). The Bertz CT molecular complexity index is 590. The van der Waals surface area contributed by atoms with Crippen molar-refractivity contribution in [3.05, 3.63) is 22.7 Å². The molecule has 0 fully saturated rings. The first kappa shape index (κ1) is 17.6. The third-order valence-electron chi connectivity index (χ3n) is 2.47. The molecular formula is C13H15ClN2O6. The highest BCUT2D eigenvalue weighted by atomic mass is 35.5. The summed E-state index contributed by atoms with van der Waals surface area (Å²) in [4.78, 5) is 33.0. The number of nitrogens with two attached hydrogens (primary N) is 1. The minimum absolute atomic E-state index is 0.0198. The number of primary amides is 1. The van der Waals surface area contributed by atoms with E-state index in [0.29, 0.717) is 0 Å². The molecule has 0 spiro atoms. The molecule has 0 aliphatic rings. The topological polar surface area (TPSA) is 128 Å². The Morgan fingerprint density at radius 2 is 2.05 bits per heavy atom. The van der Waals surface area contributed by atoms with Gasteiger partial charge in [0.1, 0.15) is 0 Å². The lowest BCUT2D eigenvalue weighted by Gasteiger charge is -2.13. The molecule has 0 aliphatic heterocycles. The quantitative estimate of drug-likeness (QED) is 0.633. The Hall–Kier alpha value is -2.48. The molecular weight excluding hydrogens is 316 g/mol. The van der Waals surface area contributed by atoms with Crippen LogP contribution in [-0.2, 0) is 9.59 Å². The van der Waals surface area contributed by atoms with Gasteiger partial charge in [-0.1, -0.05) is 11.6 Å². The van der Waals surface area contributed by atoms with Crippen molar-refractivity contribution in [1.29, 1.82) is 0 Å². The average Bonchev–Trinajstić information content (AvgIpc) is 2.44. The molecule has 1 aromatic rings. The van der Waals surface area contributed by atoms with Gasteiger partial charge in [0.2, 0.25) is 0 Å². The molecule has 0 radical (unpaired) electrons. The number of amides is 2. The zero-order valence-corrected chi connectivity index (χ0v) is 12.5. The van der Waals surface area contributed by atoms with Gasteiger partial charge in [0.25, 0.3) is 11.8 Å². The summed E-state index contributed by atoms with van der Waals surface area (Å²) in [6, 6.07) is 2.68. The molecule has 0 saturated heterocycles. The molecule has 22 heavy (non-hydrogen) atoms. The number of carbonyl (C=O) groups excluding carboxylic acids is 2. The minimum atomic E-state index is -1.02. The molecule has 1 aromatic carbocycles. The molecule has 0 heterocycles. The predicted molar refractivity (Wildman–Crippen MR) is 77.3 cm³/mol. The van der Waals surface area contributed by atoms with E-state index in [9.17, 15) is 14.4 Å². The van der Waals surface area contributed by atoms with Crippen molar-refractivity contribution < 1.29 is 29.0 Å². The zero-order valence-electron chi connectivity index (χ0n) is 11.7. The molecule has 0 saturated carbocycles. The molecule has 4 N–H and O–H groups in total. The van der Waals surface area contributed by atoms with E-state index in [1.807, 2.05) is 0 Å². The Labute approximate surface area is 131 Å². The highest BCUT2D eigenvalue weighted by Crippen LogP contribution is 2.36. The fraction of sp³-hybridized carbons (Fsp3) is 0.308. The van der Waals surface area contributed by atoms with Crippen molar-refractivity contribution >= 4 is 29.4 Å². The number of halogens is 1. The van der Waals surface area contributed by atoms with E-state index in [2.05, 4.69) is 5.32 Å². The Balaban J connectivity index is 2.89. The number of carboxylic acids is 1. The first-order valence-corrected chi connectivity index (χ1v) is 6.51. The number of carboxylic acid groups (broad SMARTS) is 1. The predicted octanol–water partition coefficient (Wildman–Crippen LogP) is 0.417. The standard InChI is InChI=1S/C13H15ClN2O6/c1-21-9-5-7(13(20)16-3-2-11(18)19)4-8(14)12(9)22-6-10(15)17/h4-5H,2-3,6H2,1H3,(H2,15,17)(H,16,20)(H,18,19). The van der Waals surface area contributed by atoms with Crippen LogP contribution in [0.5, 0.6) is 11.5 Å². The minimum Gasteiger partial charge on any atom is -0.493 e. The maximum absolute atomic E-state index is 11.9. The van der Waals surface area contributed by atoms with Crippen LogP contribution in [0.3, 0.4) is 0 Å². The first-order valence-electron chi connectivity index (χ1n) is 6.13. The summed E-state index contributed by atoms with van der Waals surface area (Å²) in [7, 11) is 1.34. The molecule has 0 atom stereocenters. The van der Waals surface area contributed by atoms with Crippen molar-refractivity contribution in [3.63, 3.8) is 0 Å². The third kappa shape index (κ3) is 5.13. The van der Waals surface area contributed by atoms with Gasteiger partial charge in [0.15, 0.2) is 18.1 Å². The van der Waals surface area contributed by atoms with Crippen LogP contribution in [0, 0.1) is 0 Å². The molecule has 0 aromatic heterocycles. The van der Waals surface area contributed by atoms with E-state index in [0.717, 1.165) is 0 Å². The lowest BCUT2D eigenvalue weighted by Crippen LogP contribution is -2.26. The average molecular weight is 331 g/mol. The Morgan fingerprint density at radius 1 is 1.36 bits per heavy atom. The number of methoxy groups -OCH3 is 1. The van der Waals surface area contributed by atoms with Gasteiger partial charge in [-0.2, -0.15) is 0 Å². The molecule has 8 nitrogen and oxygen atoms in total. The van der Waals surface area contributed by atoms with Crippen LogP contribution in [0.2, 0.25) is 5.02 Å². The van der Waals surface area contributed by atoms with Gasteiger partial charge < -0.3 is 25.6 Å². The van der Waals surface area contributed by atoms with Crippen LogP contribution in [-0.4, -0.2) is 43.2 Å². The van der Waals surface area contributed by atoms with Crippen molar-refractivity contribution in [3.8, 4) is 11.5 Å². The van der Waals surface area contributed by atoms with Gasteiger partial charge in [-0.15, -0.1) is 0 Å². The van der Waals surface area contributed by atoms with Crippen molar-refractivity contribution in [2.75, 3.05) is 20.3 Å². The largest absolute Gasteiger partial charge is 0.493 e. The van der Waals surface area contributed by atoms with E-state index >= 15 is 0 Å². The van der Waals surface area contributed by atoms with Gasteiger partial charge in [0, 0.05) is 12.1 Å². The number of hydrogen-bond donors (Lipinski definition) is 3. The fourth-order valence-corrected chi connectivity index (χ4v) is 1.78. The van der Waals surface area contributed by atoms with Crippen molar-refractivity contribution in [2.45, 2.75) is 6.42 Å². The molecule has 0 bridgehead atoms. The molecule has 120 valence electrons. The van der Waals surface area contributed by atoms with Crippen LogP contribution < -0.4 is 20.5 Å². The molecule has 0 unspecified atom stereocenters. The maximum Gasteiger partial charge on any atom is 0.305 e. The van der Waals surface area contributed by atoms with Crippen LogP contribution in [0.1, 0.15) is 16.8 Å². The normalized spacial score (nSPS) is 9.91. The maximum atomic E-state index is 11.9. The summed E-state index contributed by atoms with van der Waals surface area (Å²) >= 11 is 5.99. The van der Waals surface area contributed by atoms with Gasteiger partial charge in [-0.3, -0.25) is 14.4 Å². The second-order valence-electron chi connectivity index (χ2n) is 4.14. The second kappa shape index (κ2) is 8.08. The van der Waals surface area contributed by atoms with Gasteiger partial charge in [-0.25, -0.2) is 0 Å². The SMILES string of the molecule is COc1cc(C(=O)NCCC(=O)O)cc(Cl)c1OCC(N)=O. The molecule has 2 amide bonds. The number of rotatable bonds is 8. The smallest absolute Gasteiger partial charge is 0.305 e. The number of ether oxygens (including phenoxy) is 2. The summed E-state index contributed by atoms with van der Waals surface area (Å²) < 4.78 is 10.2. The molecule has 0 aliphatic carbocycles. The van der Waals surface area contributed by atoms with Crippen molar-refractivity contribution in [1.82, 2.24) is 5.32 Å². The third-order valence-corrected chi connectivity index (χ3v) is 2.76. The van der Waals surface area contributed by atoms with Gasteiger partial charge >= 0.3 is 5.97 Å². The summed E-state index contributed by atoms with van der Waals surface area (Å²) in [5, 5.41) is 11.0. The Morgan fingerprint density at radius 3 is 2.59 bits per heavy atom. The first-order chi connectivity index (χ1) is 10.3. The van der Waals surface area contributed by atoms with E-state index in [4.69, 9.17) is 31.9 Å². The van der Waals surface area contributed by atoms with Crippen LogP contribution in [0.25, 0.3) is 0 Å². The summed E-state index contributed by atoms with van der Waals surface area (Å²) in [5.74, 6) is -1.98. The van der Waals surface area contributed by atoms with Crippen LogP contribution >= 0.6 is 11.6 Å². The van der Waals surface area contributed by atoms with E-state index in [1.165, 1.54) is 19.2 Å². The number of benzene rings is 1. The summed E-state index contributed by atoms with van der Waals surface area (Å²) in [6.45, 7) is -0.408. The second-order valence-corrected chi connectivity index (χ2v) is 4.55. The lowest BCUT2D eigenvalue weighted by atomic mass is 10.2. The van der Waals surface area contributed by atoms with Gasteiger partial charge in [0.05, 0.1) is 18.6 Å². The highest BCUT2D eigenvalue weighted by molar-refractivity contribution is 6.32.